The molecule has 0 saturated heterocycles. The Balaban J connectivity index is 2.00. The molecule has 0 heterocycles. The second kappa shape index (κ2) is 7.01. The van der Waals surface area contributed by atoms with Gasteiger partial charge in [-0.15, -0.1) is 0 Å². The number of hydrogen-bond acceptors (Lipinski definition) is 3. The van der Waals surface area contributed by atoms with Crippen LogP contribution in [0, 0.1) is 0 Å². The zero-order valence-corrected chi connectivity index (χ0v) is 10.9. The standard InChI is InChI=1S/C11H22N2O2S/c1-9(6-8-16(2)15)13-11(14)5-7-12-10-3-4-10/h9-10,12H,3-8H2,1-2H3,(H,13,14). The first-order valence-corrected chi connectivity index (χ1v) is 7.63. The topological polar surface area (TPSA) is 58.2 Å². The van der Waals surface area contributed by atoms with Gasteiger partial charge in [0.1, 0.15) is 0 Å². The predicted octanol–water partition coefficient (Wildman–Crippen LogP) is 0.402. The van der Waals surface area contributed by atoms with Crippen LogP contribution in [0.2, 0.25) is 0 Å². The van der Waals surface area contributed by atoms with Crippen LogP contribution in [0.15, 0.2) is 0 Å². The van der Waals surface area contributed by atoms with Crippen molar-refractivity contribution >= 4 is 16.7 Å². The van der Waals surface area contributed by atoms with Crippen molar-refractivity contribution in [3.05, 3.63) is 0 Å². The van der Waals surface area contributed by atoms with Gasteiger partial charge in [-0.2, -0.15) is 0 Å². The number of nitrogens with one attached hydrogen (secondary N) is 2. The summed E-state index contributed by atoms with van der Waals surface area (Å²) in [6.07, 6.45) is 5.51. The molecule has 0 aromatic carbocycles. The van der Waals surface area contributed by atoms with Crippen molar-refractivity contribution in [3.63, 3.8) is 0 Å². The molecule has 4 nitrogen and oxygen atoms in total. The molecule has 0 aliphatic heterocycles. The minimum absolute atomic E-state index is 0.0857. The van der Waals surface area contributed by atoms with Crippen LogP contribution in [-0.2, 0) is 15.6 Å². The molecule has 16 heavy (non-hydrogen) atoms. The summed E-state index contributed by atoms with van der Waals surface area (Å²) < 4.78 is 10.9. The van der Waals surface area contributed by atoms with E-state index in [1.807, 2.05) is 6.92 Å². The zero-order valence-electron chi connectivity index (χ0n) is 10.1. The minimum Gasteiger partial charge on any atom is -0.354 e. The highest BCUT2D eigenvalue weighted by molar-refractivity contribution is 7.84. The molecule has 1 aliphatic rings. The van der Waals surface area contributed by atoms with Gasteiger partial charge in [-0.25, -0.2) is 0 Å². The average molecular weight is 246 g/mol. The van der Waals surface area contributed by atoms with Crippen molar-refractivity contribution < 1.29 is 9.00 Å². The molecule has 0 aromatic heterocycles. The number of carbonyl (C=O) groups excluding carboxylic acids is 1. The zero-order chi connectivity index (χ0) is 12.0. The van der Waals surface area contributed by atoms with Gasteiger partial charge in [-0.3, -0.25) is 9.00 Å². The Kier molecular flexibility index (Phi) is 5.98. The van der Waals surface area contributed by atoms with Crippen molar-refractivity contribution in [1.82, 2.24) is 10.6 Å². The van der Waals surface area contributed by atoms with E-state index < -0.39 is 10.8 Å². The van der Waals surface area contributed by atoms with Crippen LogP contribution in [0.25, 0.3) is 0 Å². The molecule has 2 unspecified atom stereocenters. The Morgan fingerprint density at radius 1 is 1.50 bits per heavy atom. The fourth-order valence-electron chi connectivity index (χ4n) is 1.44. The lowest BCUT2D eigenvalue weighted by Gasteiger charge is -2.13. The van der Waals surface area contributed by atoms with E-state index in [0.29, 0.717) is 18.2 Å². The van der Waals surface area contributed by atoms with Gasteiger partial charge in [0.2, 0.25) is 5.91 Å². The highest BCUT2D eigenvalue weighted by Crippen LogP contribution is 2.18. The van der Waals surface area contributed by atoms with Gasteiger partial charge in [-0.1, -0.05) is 0 Å². The summed E-state index contributed by atoms with van der Waals surface area (Å²) in [5.74, 6) is 0.740. The van der Waals surface area contributed by atoms with E-state index in [2.05, 4.69) is 10.6 Å². The Morgan fingerprint density at radius 3 is 2.75 bits per heavy atom. The number of rotatable bonds is 8. The largest absolute Gasteiger partial charge is 0.354 e. The van der Waals surface area contributed by atoms with E-state index in [0.717, 1.165) is 13.0 Å². The van der Waals surface area contributed by atoms with Gasteiger partial charge < -0.3 is 10.6 Å². The molecule has 0 aromatic rings. The lowest BCUT2D eigenvalue weighted by Crippen LogP contribution is -2.35. The summed E-state index contributed by atoms with van der Waals surface area (Å²) in [5.41, 5.74) is 0. The molecule has 94 valence electrons. The molecular formula is C11H22N2O2S. The predicted molar refractivity (Wildman–Crippen MR) is 66.8 cm³/mol. The van der Waals surface area contributed by atoms with E-state index in [1.54, 1.807) is 6.26 Å². The maximum absolute atomic E-state index is 11.5. The monoisotopic (exact) mass is 246 g/mol. The summed E-state index contributed by atoms with van der Waals surface area (Å²) in [5, 5.41) is 6.22. The van der Waals surface area contributed by atoms with Crippen molar-refractivity contribution in [2.75, 3.05) is 18.6 Å². The van der Waals surface area contributed by atoms with Crippen molar-refractivity contribution in [3.8, 4) is 0 Å². The third-order valence-electron chi connectivity index (χ3n) is 2.61. The fraction of sp³-hybridized carbons (Fsp3) is 0.909. The third kappa shape index (κ3) is 6.95. The fourth-order valence-corrected chi connectivity index (χ4v) is 2.12. The first-order valence-electron chi connectivity index (χ1n) is 5.90. The maximum atomic E-state index is 11.5. The SMILES string of the molecule is CC(CCS(C)=O)NC(=O)CCNC1CC1. The van der Waals surface area contributed by atoms with Gasteiger partial charge in [0, 0.05) is 47.9 Å². The number of amides is 1. The summed E-state index contributed by atoms with van der Waals surface area (Å²) >= 11 is 0. The van der Waals surface area contributed by atoms with Crippen LogP contribution in [0.1, 0.15) is 32.6 Å². The summed E-state index contributed by atoms with van der Waals surface area (Å²) in [6, 6.07) is 0.782. The van der Waals surface area contributed by atoms with E-state index in [-0.39, 0.29) is 11.9 Å². The van der Waals surface area contributed by atoms with Gasteiger partial charge in [0.15, 0.2) is 0 Å². The highest BCUT2D eigenvalue weighted by Gasteiger charge is 2.20. The molecular weight excluding hydrogens is 224 g/mol. The Hall–Kier alpha value is -0.420. The molecule has 1 aliphatic carbocycles. The van der Waals surface area contributed by atoms with E-state index in [9.17, 15) is 9.00 Å². The van der Waals surface area contributed by atoms with Crippen LogP contribution in [0.5, 0.6) is 0 Å². The van der Waals surface area contributed by atoms with E-state index in [1.165, 1.54) is 12.8 Å². The molecule has 2 atom stereocenters. The quantitative estimate of drug-likeness (QED) is 0.652. The third-order valence-corrected chi connectivity index (χ3v) is 3.42. The first-order chi connectivity index (χ1) is 7.58. The van der Waals surface area contributed by atoms with Crippen molar-refractivity contribution in [1.29, 1.82) is 0 Å². The van der Waals surface area contributed by atoms with Crippen LogP contribution < -0.4 is 10.6 Å². The summed E-state index contributed by atoms with van der Waals surface area (Å²) in [4.78, 5) is 11.5. The van der Waals surface area contributed by atoms with Crippen LogP contribution in [0.3, 0.4) is 0 Å². The molecule has 1 amide bonds. The Bertz CT molecular complexity index is 254. The first kappa shape index (κ1) is 13.6. The highest BCUT2D eigenvalue weighted by atomic mass is 32.2. The number of carbonyl (C=O) groups is 1. The van der Waals surface area contributed by atoms with Crippen LogP contribution in [-0.4, -0.2) is 40.8 Å². The lowest BCUT2D eigenvalue weighted by molar-refractivity contribution is -0.121. The molecule has 1 saturated carbocycles. The summed E-state index contributed by atoms with van der Waals surface area (Å²) in [7, 11) is -0.768. The molecule has 0 radical (unpaired) electrons. The Morgan fingerprint density at radius 2 is 2.19 bits per heavy atom. The second-order valence-corrected chi connectivity index (χ2v) is 6.07. The number of hydrogen-bond donors (Lipinski definition) is 2. The van der Waals surface area contributed by atoms with Gasteiger partial charge in [0.25, 0.3) is 0 Å². The minimum atomic E-state index is -0.768. The molecule has 2 N–H and O–H groups in total. The molecule has 0 bridgehead atoms. The molecule has 1 rings (SSSR count). The van der Waals surface area contributed by atoms with Crippen molar-refractivity contribution in [2.24, 2.45) is 0 Å². The van der Waals surface area contributed by atoms with Gasteiger partial charge >= 0.3 is 0 Å². The molecule has 0 spiro atoms. The molecule has 1 fully saturated rings. The van der Waals surface area contributed by atoms with Crippen LogP contribution in [0.4, 0.5) is 0 Å². The van der Waals surface area contributed by atoms with Crippen LogP contribution >= 0.6 is 0 Å². The van der Waals surface area contributed by atoms with Gasteiger partial charge in [0.05, 0.1) is 0 Å². The molecule has 5 heteroatoms. The van der Waals surface area contributed by atoms with Gasteiger partial charge in [-0.05, 0) is 26.2 Å². The smallest absolute Gasteiger partial charge is 0.221 e. The second-order valence-electron chi connectivity index (χ2n) is 4.51. The van der Waals surface area contributed by atoms with E-state index >= 15 is 0 Å². The summed E-state index contributed by atoms with van der Waals surface area (Å²) in [6.45, 7) is 2.72. The van der Waals surface area contributed by atoms with Crippen molar-refractivity contribution in [2.45, 2.75) is 44.7 Å². The van der Waals surface area contributed by atoms with E-state index in [4.69, 9.17) is 0 Å². The Labute approximate surface area is 100 Å². The normalized spacial score (nSPS) is 19.1. The average Bonchev–Trinajstić information content (AvgIpc) is 2.98. The lowest BCUT2D eigenvalue weighted by atomic mass is 10.2. The maximum Gasteiger partial charge on any atom is 0.221 e.